The Balaban J connectivity index is 2.21. The predicted molar refractivity (Wildman–Crippen MR) is 91.7 cm³/mol. The van der Waals surface area contributed by atoms with E-state index in [1.807, 2.05) is 0 Å². The van der Waals surface area contributed by atoms with E-state index in [2.05, 4.69) is 5.32 Å². The topological polar surface area (TPSA) is 81.7 Å². The molecule has 0 aliphatic heterocycles. The summed E-state index contributed by atoms with van der Waals surface area (Å²) in [6.45, 7) is 1.58. The number of nitrogens with one attached hydrogen (secondary N) is 1. The summed E-state index contributed by atoms with van der Waals surface area (Å²) in [7, 11) is -0.264. The van der Waals surface area contributed by atoms with Crippen LogP contribution in [0, 0.1) is 0 Å². The Morgan fingerprint density at radius 3 is 2.25 bits per heavy atom. The number of hydrogen-bond acceptors (Lipinski definition) is 5. The van der Waals surface area contributed by atoms with Gasteiger partial charge in [-0.05, 0) is 36.4 Å². The molecule has 24 heavy (non-hydrogen) atoms. The largest absolute Gasteiger partial charge is 0.497 e. The molecule has 0 saturated carbocycles. The van der Waals surface area contributed by atoms with E-state index in [0.29, 0.717) is 22.7 Å². The highest BCUT2D eigenvalue weighted by Crippen LogP contribution is 2.25. The van der Waals surface area contributed by atoms with E-state index in [4.69, 9.17) is 9.47 Å². The van der Waals surface area contributed by atoms with Crippen LogP contribution in [0.25, 0.3) is 0 Å². The maximum Gasteiger partial charge on any atom is 0.259 e. The van der Waals surface area contributed by atoms with Crippen LogP contribution in [0.2, 0.25) is 0 Å². The van der Waals surface area contributed by atoms with Crippen molar-refractivity contribution in [1.82, 2.24) is 0 Å². The van der Waals surface area contributed by atoms with Crippen LogP contribution in [0.5, 0.6) is 11.5 Å². The number of carbonyl (C=O) groups excluding carboxylic acids is 1. The third-order valence-electron chi connectivity index (χ3n) is 3.50. The average molecular weight is 349 g/mol. The van der Waals surface area contributed by atoms with Crippen LogP contribution in [0.15, 0.2) is 47.4 Å². The van der Waals surface area contributed by atoms with Crippen LogP contribution >= 0.6 is 0 Å². The van der Waals surface area contributed by atoms with Crippen molar-refractivity contribution in [3.8, 4) is 11.5 Å². The first kappa shape index (κ1) is 17.8. The van der Waals surface area contributed by atoms with Crippen LogP contribution in [-0.4, -0.2) is 34.3 Å². The quantitative estimate of drug-likeness (QED) is 0.867. The lowest BCUT2D eigenvalue weighted by molar-refractivity contribution is 0.102. The fourth-order valence-corrected chi connectivity index (χ4v) is 2.98. The van der Waals surface area contributed by atoms with Gasteiger partial charge in [-0.25, -0.2) is 8.42 Å². The zero-order chi connectivity index (χ0) is 17.7. The van der Waals surface area contributed by atoms with E-state index in [1.165, 1.54) is 26.4 Å². The van der Waals surface area contributed by atoms with Gasteiger partial charge in [0, 0.05) is 11.8 Å². The maximum atomic E-state index is 12.4. The highest BCUT2D eigenvalue weighted by molar-refractivity contribution is 7.91. The van der Waals surface area contributed by atoms with E-state index >= 15 is 0 Å². The molecule has 0 aromatic heterocycles. The van der Waals surface area contributed by atoms with Gasteiger partial charge in [0.05, 0.1) is 30.4 Å². The monoisotopic (exact) mass is 349 g/mol. The molecule has 2 rings (SSSR count). The summed E-state index contributed by atoms with van der Waals surface area (Å²) in [4.78, 5) is 12.6. The van der Waals surface area contributed by atoms with E-state index < -0.39 is 9.84 Å². The van der Waals surface area contributed by atoms with Gasteiger partial charge in [0.2, 0.25) is 0 Å². The van der Waals surface area contributed by atoms with Gasteiger partial charge in [0.15, 0.2) is 9.84 Å². The smallest absolute Gasteiger partial charge is 0.259 e. The molecule has 6 nitrogen and oxygen atoms in total. The van der Waals surface area contributed by atoms with Crippen molar-refractivity contribution in [3.63, 3.8) is 0 Å². The Kier molecular flexibility index (Phi) is 5.46. The van der Waals surface area contributed by atoms with Crippen LogP contribution in [0.4, 0.5) is 5.69 Å². The number of hydrogen-bond donors (Lipinski definition) is 1. The molecule has 0 atom stereocenters. The van der Waals surface area contributed by atoms with E-state index in [9.17, 15) is 13.2 Å². The maximum absolute atomic E-state index is 12.4. The Bertz CT molecular complexity index is 829. The third-order valence-corrected chi connectivity index (χ3v) is 5.26. The van der Waals surface area contributed by atoms with Gasteiger partial charge in [-0.1, -0.05) is 6.92 Å². The standard InChI is InChI=1S/C17H19NO5S/c1-4-24(20,21)14-8-5-12(6-9-14)18-17(19)15-10-7-13(22-2)11-16(15)23-3/h5-11H,4H2,1-3H3,(H,18,19). The number of amides is 1. The van der Waals surface area contributed by atoms with Gasteiger partial charge in [0.1, 0.15) is 11.5 Å². The number of sulfone groups is 1. The first-order valence-electron chi connectivity index (χ1n) is 7.27. The van der Waals surface area contributed by atoms with Crippen LogP contribution in [0.1, 0.15) is 17.3 Å². The molecule has 2 aromatic rings. The molecule has 0 aliphatic carbocycles. The van der Waals surface area contributed by atoms with Crippen LogP contribution in [-0.2, 0) is 9.84 Å². The van der Waals surface area contributed by atoms with Crippen molar-refractivity contribution in [2.75, 3.05) is 25.3 Å². The second-order valence-electron chi connectivity index (χ2n) is 4.95. The molecule has 0 aliphatic rings. The molecule has 0 heterocycles. The van der Waals surface area contributed by atoms with Crippen molar-refractivity contribution in [2.45, 2.75) is 11.8 Å². The minimum atomic E-state index is -3.26. The molecule has 1 amide bonds. The van der Waals surface area contributed by atoms with Crippen molar-refractivity contribution < 1.29 is 22.7 Å². The van der Waals surface area contributed by atoms with Gasteiger partial charge in [-0.15, -0.1) is 0 Å². The Morgan fingerprint density at radius 2 is 1.71 bits per heavy atom. The molecular weight excluding hydrogens is 330 g/mol. The Hall–Kier alpha value is -2.54. The molecule has 128 valence electrons. The van der Waals surface area contributed by atoms with E-state index in [-0.39, 0.29) is 16.6 Å². The summed E-state index contributed by atoms with van der Waals surface area (Å²) >= 11 is 0. The molecule has 0 saturated heterocycles. The number of anilines is 1. The minimum Gasteiger partial charge on any atom is -0.497 e. The zero-order valence-corrected chi connectivity index (χ0v) is 14.5. The first-order chi connectivity index (χ1) is 11.4. The second kappa shape index (κ2) is 7.35. The van der Waals surface area contributed by atoms with Gasteiger partial charge in [-0.3, -0.25) is 4.79 Å². The molecule has 2 aromatic carbocycles. The summed E-state index contributed by atoms with van der Waals surface area (Å²) in [6.07, 6.45) is 0. The summed E-state index contributed by atoms with van der Waals surface area (Å²) in [5.74, 6) is 0.636. The summed E-state index contributed by atoms with van der Waals surface area (Å²) < 4.78 is 33.9. The van der Waals surface area contributed by atoms with Crippen molar-refractivity contribution >= 4 is 21.4 Å². The lowest BCUT2D eigenvalue weighted by Crippen LogP contribution is -2.13. The molecule has 0 radical (unpaired) electrons. The normalized spacial score (nSPS) is 11.0. The molecule has 0 fully saturated rings. The number of methoxy groups -OCH3 is 2. The van der Waals surface area contributed by atoms with Crippen LogP contribution < -0.4 is 14.8 Å². The average Bonchev–Trinajstić information content (AvgIpc) is 2.61. The number of carbonyl (C=O) groups is 1. The lowest BCUT2D eigenvalue weighted by atomic mass is 10.1. The molecule has 7 heteroatoms. The van der Waals surface area contributed by atoms with Gasteiger partial charge in [-0.2, -0.15) is 0 Å². The zero-order valence-electron chi connectivity index (χ0n) is 13.7. The first-order valence-corrected chi connectivity index (χ1v) is 8.92. The Labute approximate surface area is 141 Å². The number of rotatable bonds is 6. The number of benzene rings is 2. The van der Waals surface area contributed by atoms with Gasteiger partial charge < -0.3 is 14.8 Å². The van der Waals surface area contributed by atoms with E-state index in [0.717, 1.165) is 0 Å². The van der Waals surface area contributed by atoms with E-state index in [1.54, 1.807) is 37.3 Å². The van der Waals surface area contributed by atoms with Crippen molar-refractivity contribution in [1.29, 1.82) is 0 Å². The fourth-order valence-electron chi connectivity index (χ4n) is 2.10. The molecule has 1 N–H and O–H groups in total. The summed E-state index contributed by atoms with van der Waals surface area (Å²) in [6, 6.07) is 10.9. The predicted octanol–water partition coefficient (Wildman–Crippen LogP) is 2.75. The molecule has 0 unspecified atom stereocenters. The minimum absolute atomic E-state index is 0.0295. The lowest BCUT2D eigenvalue weighted by Gasteiger charge is -2.11. The highest BCUT2D eigenvalue weighted by atomic mass is 32.2. The summed E-state index contributed by atoms with van der Waals surface area (Å²) in [5.41, 5.74) is 0.844. The van der Waals surface area contributed by atoms with Crippen LogP contribution in [0.3, 0.4) is 0 Å². The van der Waals surface area contributed by atoms with Crippen molar-refractivity contribution in [2.24, 2.45) is 0 Å². The van der Waals surface area contributed by atoms with Gasteiger partial charge in [0.25, 0.3) is 5.91 Å². The SMILES string of the molecule is CCS(=O)(=O)c1ccc(NC(=O)c2ccc(OC)cc2OC)cc1. The third kappa shape index (κ3) is 3.86. The fraction of sp³-hybridized carbons (Fsp3) is 0.235. The molecular formula is C17H19NO5S. The Morgan fingerprint density at radius 1 is 1.04 bits per heavy atom. The molecule has 0 bridgehead atoms. The van der Waals surface area contributed by atoms with Gasteiger partial charge >= 0.3 is 0 Å². The summed E-state index contributed by atoms with van der Waals surface area (Å²) in [5, 5.41) is 2.71. The highest BCUT2D eigenvalue weighted by Gasteiger charge is 2.15. The second-order valence-corrected chi connectivity index (χ2v) is 7.23. The van der Waals surface area contributed by atoms with Crippen molar-refractivity contribution in [3.05, 3.63) is 48.0 Å². The number of ether oxygens (including phenoxy) is 2. The molecule has 0 spiro atoms.